The van der Waals surface area contributed by atoms with Crippen LogP contribution in [0.5, 0.6) is 0 Å². The van der Waals surface area contributed by atoms with Gasteiger partial charge in [0.1, 0.15) is 5.60 Å². The molecule has 0 aromatic heterocycles. The monoisotopic (exact) mass is 570 g/mol. The second-order valence-corrected chi connectivity index (χ2v) is 14.5. The number of thioether (sulfide) groups is 1. The van der Waals surface area contributed by atoms with E-state index >= 15 is 0 Å². The van der Waals surface area contributed by atoms with Crippen molar-refractivity contribution < 1.29 is 22.7 Å². The molecule has 11 heteroatoms. The zero-order chi connectivity index (χ0) is 26.9. The fourth-order valence-corrected chi connectivity index (χ4v) is 9.28. The molecular weight excluding hydrogens is 543 g/mol. The van der Waals surface area contributed by atoms with Crippen molar-refractivity contribution in [3.8, 4) is 0 Å². The van der Waals surface area contributed by atoms with Gasteiger partial charge >= 0.3 is 6.09 Å². The Morgan fingerprint density at radius 1 is 1.08 bits per heavy atom. The molecule has 0 saturated carbocycles. The van der Waals surface area contributed by atoms with E-state index in [-0.39, 0.29) is 4.90 Å². The molecule has 36 heavy (non-hydrogen) atoms. The van der Waals surface area contributed by atoms with Crippen LogP contribution in [0.4, 0.5) is 10.5 Å². The van der Waals surface area contributed by atoms with Crippen LogP contribution >= 0.6 is 35.0 Å². The van der Waals surface area contributed by atoms with E-state index in [2.05, 4.69) is 0 Å². The lowest BCUT2D eigenvalue weighted by atomic mass is 9.80. The van der Waals surface area contributed by atoms with Gasteiger partial charge in [0.2, 0.25) is 9.33 Å². The summed E-state index contributed by atoms with van der Waals surface area (Å²) in [5, 5.41) is 0. The Morgan fingerprint density at radius 3 is 2.22 bits per heavy atom. The molecule has 0 spiro atoms. The summed E-state index contributed by atoms with van der Waals surface area (Å²) in [4.78, 5) is 27.0. The summed E-state index contributed by atoms with van der Waals surface area (Å²) in [7, 11) is -4.53. The lowest BCUT2D eigenvalue weighted by Gasteiger charge is -2.47. The Kier molecular flexibility index (Phi) is 6.43. The van der Waals surface area contributed by atoms with E-state index in [0.29, 0.717) is 21.3 Å². The van der Waals surface area contributed by atoms with Crippen LogP contribution in [-0.4, -0.2) is 45.4 Å². The van der Waals surface area contributed by atoms with Gasteiger partial charge in [0.25, 0.3) is 15.9 Å². The predicted octanol–water partition coefficient (Wildman–Crippen LogP) is 5.82. The minimum atomic E-state index is -4.53. The van der Waals surface area contributed by atoms with Gasteiger partial charge in [-0.15, -0.1) is 11.8 Å². The number of alkyl halides is 2. The average Bonchev–Trinajstić information content (AvgIpc) is 3.06. The van der Waals surface area contributed by atoms with E-state index in [1.54, 1.807) is 71.0 Å². The smallest absolute Gasteiger partial charge is 0.417 e. The Hall–Kier alpha value is -1.94. The Labute approximate surface area is 226 Å². The summed E-state index contributed by atoms with van der Waals surface area (Å²) in [5.74, 6) is -0.696. The largest absolute Gasteiger partial charge is 0.443 e. The number of carbonyl (C=O) groups excluding carboxylic acids is 2. The second kappa shape index (κ2) is 8.55. The number of amides is 2. The quantitative estimate of drug-likeness (QED) is 0.430. The number of hydrogen-bond donors (Lipinski definition) is 0. The van der Waals surface area contributed by atoms with E-state index in [1.165, 1.54) is 17.0 Å². The number of ether oxygens (including phenoxy) is 1. The van der Waals surface area contributed by atoms with Gasteiger partial charge in [0, 0.05) is 0 Å². The Morgan fingerprint density at radius 2 is 1.67 bits per heavy atom. The molecule has 4 rings (SSSR count). The molecular formula is C25H28Cl2N2O5S2. The molecule has 1 saturated heterocycles. The molecule has 0 aliphatic carbocycles. The van der Waals surface area contributed by atoms with Gasteiger partial charge in [-0.1, -0.05) is 66.0 Å². The van der Waals surface area contributed by atoms with Crippen LogP contribution in [0.25, 0.3) is 0 Å². The van der Waals surface area contributed by atoms with Crippen LogP contribution in [0.3, 0.4) is 0 Å². The molecule has 2 amide bonds. The van der Waals surface area contributed by atoms with Crippen LogP contribution in [0.1, 0.15) is 45.7 Å². The molecule has 2 heterocycles. The highest BCUT2D eigenvalue weighted by Gasteiger charge is 2.83. The molecule has 2 atom stereocenters. The summed E-state index contributed by atoms with van der Waals surface area (Å²) >= 11 is 14.8. The SMILES string of the molecule is CCS[C@@]12N(C(=O)OC(C)(C)C)c3ccccc3[C@]1(C)C(Cl)(Cl)C(=O)N2S(=O)(=O)c1ccc(C)cc1. The van der Waals surface area contributed by atoms with Crippen LogP contribution in [0.2, 0.25) is 0 Å². The summed E-state index contributed by atoms with van der Waals surface area (Å²) < 4.78 is 32.6. The normalized spacial score (nSPS) is 25.1. The first-order chi connectivity index (χ1) is 16.6. The first-order valence-corrected chi connectivity index (χ1v) is 14.6. The number of rotatable bonds is 4. The summed E-state index contributed by atoms with van der Waals surface area (Å²) in [5.41, 5.74) is -0.761. The zero-order valence-corrected chi connectivity index (χ0v) is 24.0. The van der Waals surface area contributed by atoms with Crippen molar-refractivity contribution in [1.29, 1.82) is 0 Å². The lowest BCUT2D eigenvalue weighted by Crippen LogP contribution is -2.65. The van der Waals surface area contributed by atoms with Gasteiger partial charge in [0.15, 0.2) is 0 Å². The standard InChI is InChI=1S/C25H28Cl2N2O5S2/c1-7-35-25-23(6,18-10-8-9-11-19(18)28(25)21(31)34-22(3,4)5)24(26,27)20(30)29(25)36(32,33)17-14-12-16(2)13-15-17/h8-15H,7H2,1-6H3/t23-,25-/m1/s1. The predicted molar refractivity (Wildman–Crippen MR) is 143 cm³/mol. The molecule has 0 bridgehead atoms. The fraction of sp³-hybridized carbons (Fsp3) is 0.440. The zero-order valence-electron chi connectivity index (χ0n) is 20.8. The number of benzene rings is 2. The molecule has 2 aliphatic rings. The molecule has 194 valence electrons. The molecule has 0 radical (unpaired) electrons. The van der Waals surface area contributed by atoms with E-state index in [4.69, 9.17) is 27.9 Å². The fourth-order valence-electron chi connectivity index (χ4n) is 4.89. The van der Waals surface area contributed by atoms with Crippen molar-refractivity contribution in [1.82, 2.24) is 4.31 Å². The number of halogens is 2. The van der Waals surface area contributed by atoms with Crippen LogP contribution < -0.4 is 4.90 Å². The molecule has 2 aromatic carbocycles. The van der Waals surface area contributed by atoms with E-state index in [1.807, 2.05) is 6.92 Å². The molecule has 0 unspecified atom stereocenters. The number of nitrogens with zero attached hydrogens (tertiary/aromatic N) is 2. The first-order valence-electron chi connectivity index (χ1n) is 11.4. The molecule has 0 N–H and O–H groups in total. The topological polar surface area (TPSA) is 84.0 Å². The number of fused-ring (bicyclic) bond motifs is 3. The number of carbonyl (C=O) groups is 2. The highest BCUT2D eigenvalue weighted by Crippen LogP contribution is 2.70. The van der Waals surface area contributed by atoms with Gasteiger partial charge in [-0.2, -0.15) is 4.31 Å². The van der Waals surface area contributed by atoms with E-state index in [0.717, 1.165) is 17.3 Å². The van der Waals surface area contributed by atoms with Gasteiger partial charge in [0.05, 0.1) is 16.0 Å². The summed E-state index contributed by atoms with van der Waals surface area (Å²) in [6.45, 7) is 10.4. The van der Waals surface area contributed by atoms with Crippen LogP contribution in [-0.2, 0) is 25.0 Å². The maximum absolute atomic E-state index is 14.2. The molecule has 2 aliphatic heterocycles. The average molecular weight is 572 g/mol. The third-order valence-corrected chi connectivity index (χ3v) is 10.9. The van der Waals surface area contributed by atoms with Crippen molar-refractivity contribution in [2.45, 2.75) is 66.8 Å². The second-order valence-electron chi connectivity index (χ2n) is 9.96. The Balaban J connectivity index is 2.10. The van der Waals surface area contributed by atoms with Crippen LogP contribution in [0, 0.1) is 6.92 Å². The summed E-state index contributed by atoms with van der Waals surface area (Å²) in [6, 6.07) is 12.9. The number of para-hydroxylation sites is 1. The van der Waals surface area contributed by atoms with Crippen molar-refractivity contribution in [3.63, 3.8) is 0 Å². The maximum atomic E-state index is 14.2. The molecule has 2 aromatic rings. The Bertz CT molecular complexity index is 1340. The first kappa shape index (κ1) is 27.1. The number of hydrogen-bond acceptors (Lipinski definition) is 6. The van der Waals surface area contributed by atoms with Crippen molar-refractivity contribution in [2.24, 2.45) is 0 Å². The third-order valence-electron chi connectivity index (χ3n) is 6.48. The van der Waals surface area contributed by atoms with Gasteiger partial charge in [-0.05, 0) is 64.1 Å². The molecule has 7 nitrogen and oxygen atoms in total. The number of anilines is 1. The maximum Gasteiger partial charge on any atom is 0.417 e. The van der Waals surface area contributed by atoms with E-state index in [9.17, 15) is 18.0 Å². The van der Waals surface area contributed by atoms with Crippen molar-refractivity contribution >= 4 is 62.7 Å². The summed E-state index contributed by atoms with van der Waals surface area (Å²) in [6.07, 6.45) is -0.817. The highest BCUT2D eigenvalue weighted by atomic mass is 35.5. The minimum Gasteiger partial charge on any atom is -0.443 e. The minimum absolute atomic E-state index is 0.119. The lowest BCUT2D eigenvalue weighted by molar-refractivity contribution is -0.125. The van der Waals surface area contributed by atoms with Gasteiger partial charge in [-0.25, -0.2) is 18.1 Å². The van der Waals surface area contributed by atoms with Crippen molar-refractivity contribution in [3.05, 3.63) is 59.7 Å². The van der Waals surface area contributed by atoms with Crippen LogP contribution in [0.15, 0.2) is 53.4 Å². The highest BCUT2D eigenvalue weighted by molar-refractivity contribution is 8.02. The number of sulfonamides is 1. The molecule has 1 fully saturated rings. The van der Waals surface area contributed by atoms with E-state index < -0.39 is 42.4 Å². The van der Waals surface area contributed by atoms with Gasteiger partial charge in [-0.3, -0.25) is 4.79 Å². The van der Waals surface area contributed by atoms with Gasteiger partial charge < -0.3 is 4.74 Å². The van der Waals surface area contributed by atoms with Crippen molar-refractivity contribution in [2.75, 3.05) is 10.7 Å². The third kappa shape index (κ3) is 3.50. The number of aryl methyl sites for hydroxylation is 1.